The number of benzene rings is 1. The van der Waals surface area contributed by atoms with Crippen LogP contribution in [0, 0.1) is 18.3 Å². The lowest BCUT2D eigenvalue weighted by atomic mass is 10.2. The van der Waals surface area contributed by atoms with Gasteiger partial charge in [0.15, 0.2) is 18.1 Å². The Balaban J connectivity index is 2.04. The molecular formula is C14H14N4O2S. The SMILES string of the molecule is COc1cc(C=NNc2nc(C)cs2)ccc1OCC#N. The van der Waals surface area contributed by atoms with Gasteiger partial charge in [0, 0.05) is 5.38 Å². The van der Waals surface area contributed by atoms with Crippen LogP contribution in [-0.2, 0) is 0 Å². The Morgan fingerprint density at radius 2 is 2.33 bits per heavy atom. The Kier molecular flexibility index (Phi) is 5.12. The summed E-state index contributed by atoms with van der Waals surface area (Å²) in [6.45, 7) is 1.91. The molecule has 6 nitrogen and oxygen atoms in total. The average molecular weight is 302 g/mol. The minimum absolute atomic E-state index is 0.0191. The lowest BCUT2D eigenvalue weighted by molar-refractivity contribution is 0.329. The number of hydrogen-bond donors (Lipinski definition) is 1. The fourth-order valence-corrected chi connectivity index (χ4v) is 2.20. The number of hydrogen-bond acceptors (Lipinski definition) is 7. The summed E-state index contributed by atoms with van der Waals surface area (Å²) in [5.74, 6) is 1.08. The zero-order chi connectivity index (χ0) is 15.1. The van der Waals surface area contributed by atoms with Crippen molar-refractivity contribution in [1.29, 1.82) is 5.26 Å². The van der Waals surface area contributed by atoms with Crippen LogP contribution in [0.1, 0.15) is 11.3 Å². The molecule has 0 amide bonds. The largest absolute Gasteiger partial charge is 0.493 e. The highest BCUT2D eigenvalue weighted by molar-refractivity contribution is 7.13. The predicted molar refractivity (Wildman–Crippen MR) is 82.2 cm³/mol. The molecule has 0 aliphatic rings. The van der Waals surface area contributed by atoms with Gasteiger partial charge in [0.2, 0.25) is 5.13 Å². The van der Waals surface area contributed by atoms with Crippen LogP contribution in [0.15, 0.2) is 28.7 Å². The Bertz CT molecular complexity index is 676. The van der Waals surface area contributed by atoms with Crippen molar-refractivity contribution in [2.24, 2.45) is 5.10 Å². The van der Waals surface area contributed by atoms with Gasteiger partial charge in [-0.25, -0.2) is 4.98 Å². The second-order valence-electron chi connectivity index (χ2n) is 4.02. The van der Waals surface area contributed by atoms with E-state index in [-0.39, 0.29) is 6.61 Å². The molecule has 21 heavy (non-hydrogen) atoms. The standard InChI is InChI=1S/C14H14N4O2S/c1-10-9-21-14(17-10)18-16-8-11-3-4-12(20-6-5-15)13(7-11)19-2/h3-4,7-9H,6H2,1-2H3,(H,17,18). The van der Waals surface area contributed by atoms with E-state index in [0.29, 0.717) is 11.5 Å². The normalized spacial score (nSPS) is 10.3. The molecule has 0 bridgehead atoms. The number of anilines is 1. The van der Waals surface area contributed by atoms with E-state index in [1.54, 1.807) is 25.5 Å². The van der Waals surface area contributed by atoms with Gasteiger partial charge in [-0.15, -0.1) is 11.3 Å². The summed E-state index contributed by atoms with van der Waals surface area (Å²) in [6, 6.07) is 7.27. The van der Waals surface area contributed by atoms with Crippen LogP contribution in [-0.4, -0.2) is 24.9 Å². The molecule has 7 heteroatoms. The molecule has 0 aliphatic heterocycles. The van der Waals surface area contributed by atoms with Crippen molar-refractivity contribution in [2.45, 2.75) is 6.92 Å². The molecule has 1 aromatic heterocycles. The van der Waals surface area contributed by atoms with Gasteiger partial charge in [0.1, 0.15) is 6.07 Å². The first-order chi connectivity index (χ1) is 10.2. The number of nitriles is 1. The summed E-state index contributed by atoms with van der Waals surface area (Å²) in [5, 5.41) is 15.3. The van der Waals surface area contributed by atoms with Gasteiger partial charge in [0.05, 0.1) is 19.0 Å². The summed E-state index contributed by atoms with van der Waals surface area (Å²) in [6.07, 6.45) is 1.66. The molecule has 1 heterocycles. The van der Waals surface area contributed by atoms with Crippen LogP contribution in [0.25, 0.3) is 0 Å². The third kappa shape index (κ3) is 4.19. The monoisotopic (exact) mass is 302 g/mol. The second-order valence-corrected chi connectivity index (χ2v) is 4.88. The van der Waals surface area contributed by atoms with Crippen molar-refractivity contribution < 1.29 is 9.47 Å². The zero-order valence-electron chi connectivity index (χ0n) is 11.7. The van der Waals surface area contributed by atoms with Crippen LogP contribution in [0.5, 0.6) is 11.5 Å². The van der Waals surface area contributed by atoms with E-state index in [0.717, 1.165) is 16.4 Å². The maximum absolute atomic E-state index is 8.52. The maximum Gasteiger partial charge on any atom is 0.203 e. The van der Waals surface area contributed by atoms with Crippen LogP contribution >= 0.6 is 11.3 Å². The zero-order valence-corrected chi connectivity index (χ0v) is 12.5. The van der Waals surface area contributed by atoms with Crippen LogP contribution in [0.4, 0.5) is 5.13 Å². The van der Waals surface area contributed by atoms with Gasteiger partial charge in [-0.3, -0.25) is 5.43 Å². The first kappa shape index (κ1) is 14.8. The Morgan fingerprint density at radius 3 is 3.00 bits per heavy atom. The maximum atomic E-state index is 8.52. The quantitative estimate of drug-likeness (QED) is 0.655. The molecule has 0 spiro atoms. The molecule has 2 rings (SSSR count). The fraction of sp³-hybridized carbons (Fsp3) is 0.214. The highest BCUT2D eigenvalue weighted by Gasteiger charge is 2.04. The first-order valence-electron chi connectivity index (χ1n) is 6.12. The first-order valence-corrected chi connectivity index (χ1v) is 7.00. The minimum atomic E-state index is -0.0191. The molecule has 1 N–H and O–H groups in total. The third-order valence-corrected chi connectivity index (χ3v) is 3.34. The van der Waals surface area contributed by atoms with E-state index in [1.165, 1.54) is 11.3 Å². The predicted octanol–water partition coefficient (Wildman–Crippen LogP) is 2.81. The van der Waals surface area contributed by atoms with Gasteiger partial charge < -0.3 is 9.47 Å². The molecule has 2 aromatic rings. The van der Waals surface area contributed by atoms with Crippen LogP contribution in [0.2, 0.25) is 0 Å². The number of methoxy groups -OCH3 is 1. The lowest BCUT2D eigenvalue weighted by Crippen LogP contribution is -1.98. The number of nitrogens with one attached hydrogen (secondary N) is 1. The molecule has 1 aromatic carbocycles. The van der Waals surface area contributed by atoms with Crippen molar-refractivity contribution in [3.63, 3.8) is 0 Å². The minimum Gasteiger partial charge on any atom is -0.493 e. The van der Waals surface area contributed by atoms with Crippen molar-refractivity contribution in [2.75, 3.05) is 19.1 Å². The number of thiazole rings is 1. The Labute approximate surface area is 126 Å². The van der Waals surface area contributed by atoms with Crippen molar-refractivity contribution in [1.82, 2.24) is 4.98 Å². The van der Waals surface area contributed by atoms with E-state index < -0.39 is 0 Å². The number of aromatic nitrogens is 1. The third-order valence-electron chi connectivity index (χ3n) is 2.47. The van der Waals surface area contributed by atoms with E-state index >= 15 is 0 Å². The number of ether oxygens (including phenoxy) is 2. The molecule has 0 atom stereocenters. The summed E-state index contributed by atoms with van der Waals surface area (Å²) in [7, 11) is 1.55. The number of aryl methyl sites for hydroxylation is 1. The molecule has 0 saturated heterocycles. The lowest BCUT2D eigenvalue weighted by Gasteiger charge is -2.08. The van der Waals surface area contributed by atoms with E-state index in [1.807, 2.05) is 24.4 Å². The highest BCUT2D eigenvalue weighted by atomic mass is 32.1. The van der Waals surface area contributed by atoms with E-state index in [2.05, 4.69) is 15.5 Å². The van der Waals surface area contributed by atoms with E-state index in [4.69, 9.17) is 14.7 Å². The molecular weight excluding hydrogens is 288 g/mol. The summed E-state index contributed by atoms with van der Waals surface area (Å²) in [5.41, 5.74) is 4.66. The number of rotatable bonds is 6. The van der Waals surface area contributed by atoms with Gasteiger partial charge >= 0.3 is 0 Å². The van der Waals surface area contributed by atoms with Crippen LogP contribution < -0.4 is 14.9 Å². The van der Waals surface area contributed by atoms with Gasteiger partial charge in [-0.05, 0) is 30.7 Å². The smallest absolute Gasteiger partial charge is 0.203 e. The average Bonchev–Trinajstić information content (AvgIpc) is 2.91. The summed E-state index contributed by atoms with van der Waals surface area (Å²) >= 11 is 1.49. The number of nitrogens with zero attached hydrogens (tertiary/aromatic N) is 3. The van der Waals surface area contributed by atoms with E-state index in [9.17, 15) is 0 Å². The van der Waals surface area contributed by atoms with Crippen molar-refractivity contribution in [3.8, 4) is 17.6 Å². The fourth-order valence-electron chi connectivity index (χ4n) is 1.56. The molecule has 0 aliphatic carbocycles. The second kappa shape index (κ2) is 7.26. The molecule has 0 unspecified atom stereocenters. The Morgan fingerprint density at radius 1 is 1.48 bits per heavy atom. The van der Waals surface area contributed by atoms with Crippen LogP contribution in [0.3, 0.4) is 0 Å². The highest BCUT2D eigenvalue weighted by Crippen LogP contribution is 2.27. The number of hydrazone groups is 1. The summed E-state index contributed by atoms with van der Waals surface area (Å²) < 4.78 is 10.5. The molecule has 0 fully saturated rings. The van der Waals surface area contributed by atoms with Crippen molar-refractivity contribution in [3.05, 3.63) is 34.8 Å². The topological polar surface area (TPSA) is 79.5 Å². The molecule has 108 valence electrons. The van der Waals surface area contributed by atoms with Gasteiger partial charge in [-0.2, -0.15) is 10.4 Å². The van der Waals surface area contributed by atoms with Gasteiger partial charge in [-0.1, -0.05) is 0 Å². The van der Waals surface area contributed by atoms with Crippen molar-refractivity contribution >= 4 is 22.7 Å². The molecule has 0 radical (unpaired) electrons. The Hall–Kier alpha value is -2.59. The van der Waals surface area contributed by atoms with Gasteiger partial charge in [0.25, 0.3) is 0 Å². The molecule has 0 saturated carbocycles. The summed E-state index contributed by atoms with van der Waals surface area (Å²) in [4.78, 5) is 4.24.